The third-order valence-corrected chi connectivity index (χ3v) is 3.11. The molecular formula is C16H10F6N2O2. The Bertz CT molecular complexity index is 802. The van der Waals surface area contributed by atoms with Crippen molar-refractivity contribution in [2.45, 2.75) is 12.4 Å². The number of anilines is 3. The van der Waals surface area contributed by atoms with E-state index >= 15 is 0 Å². The van der Waals surface area contributed by atoms with E-state index in [-0.39, 0.29) is 10.6 Å². The predicted molar refractivity (Wildman–Crippen MR) is 80.8 cm³/mol. The third-order valence-electron chi connectivity index (χ3n) is 3.11. The van der Waals surface area contributed by atoms with Gasteiger partial charge in [0.05, 0.1) is 11.4 Å². The van der Waals surface area contributed by atoms with Crippen molar-refractivity contribution < 1.29 is 35.9 Å². The number of nitrogens with one attached hydrogen (secondary N) is 1. The van der Waals surface area contributed by atoms with E-state index in [1.165, 1.54) is 47.8 Å². The number of alkyl halides is 6. The van der Waals surface area contributed by atoms with Gasteiger partial charge >= 0.3 is 24.2 Å². The molecule has 0 aromatic heterocycles. The molecule has 2 rings (SSSR count). The fourth-order valence-electron chi connectivity index (χ4n) is 2.04. The Balaban J connectivity index is 2.56. The van der Waals surface area contributed by atoms with Crippen LogP contribution in [-0.4, -0.2) is 24.2 Å². The fourth-order valence-corrected chi connectivity index (χ4v) is 2.04. The van der Waals surface area contributed by atoms with Gasteiger partial charge in [-0.2, -0.15) is 26.3 Å². The molecule has 0 heterocycles. The monoisotopic (exact) mass is 376 g/mol. The minimum atomic E-state index is -5.29. The summed E-state index contributed by atoms with van der Waals surface area (Å²) in [5.74, 6) is -4.70. The average Bonchev–Trinajstić information content (AvgIpc) is 2.56. The Morgan fingerprint density at radius 1 is 0.769 bits per heavy atom. The van der Waals surface area contributed by atoms with Crippen molar-refractivity contribution in [2.75, 3.05) is 10.2 Å². The van der Waals surface area contributed by atoms with E-state index in [9.17, 15) is 35.9 Å². The smallest absolute Gasteiger partial charge is 0.316 e. The van der Waals surface area contributed by atoms with Crippen molar-refractivity contribution in [3.05, 3.63) is 54.6 Å². The van der Waals surface area contributed by atoms with E-state index in [0.29, 0.717) is 0 Å². The minimum Gasteiger partial charge on any atom is -0.316 e. The predicted octanol–water partition coefficient (Wildman–Crippen LogP) is 4.41. The summed E-state index contributed by atoms with van der Waals surface area (Å²) in [6.07, 6.45) is -10.5. The van der Waals surface area contributed by atoms with Crippen molar-refractivity contribution in [1.82, 2.24) is 0 Å². The molecule has 0 spiro atoms. The second kappa shape index (κ2) is 7.06. The van der Waals surface area contributed by atoms with E-state index in [2.05, 4.69) is 0 Å². The fraction of sp³-hybridized carbons (Fsp3) is 0.125. The Labute approximate surface area is 143 Å². The number of benzene rings is 2. The molecule has 0 aliphatic heterocycles. The molecular weight excluding hydrogens is 366 g/mol. The number of hydrogen-bond donors (Lipinski definition) is 1. The van der Waals surface area contributed by atoms with Gasteiger partial charge in [0.1, 0.15) is 0 Å². The van der Waals surface area contributed by atoms with E-state index in [1.54, 1.807) is 0 Å². The zero-order valence-corrected chi connectivity index (χ0v) is 12.7. The average molecular weight is 376 g/mol. The SMILES string of the molecule is O=C(Nc1ccccc1N(C(=O)C(F)(F)F)c1ccccc1)C(F)(F)F. The lowest BCUT2D eigenvalue weighted by atomic mass is 10.2. The summed E-state index contributed by atoms with van der Waals surface area (Å²) in [6, 6.07) is 10.9. The molecule has 0 aliphatic carbocycles. The molecule has 0 bridgehead atoms. The highest BCUT2D eigenvalue weighted by Gasteiger charge is 2.45. The van der Waals surface area contributed by atoms with E-state index in [1.807, 2.05) is 0 Å². The highest BCUT2D eigenvalue weighted by molar-refractivity contribution is 6.08. The van der Waals surface area contributed by atoms with Crippen LogP contribution in [0.25, 0.3) is 0 Å². The van der Waals surface area contributed by atoms with E-state index in [4.69, 9.17) is 0 Å². The maximum atomic E-state index is 13.0. The molecule has 0 atom stereocenters. The normalized spacial score (nSPS) is 11.8. The molecule has 0 saturated carbocycles. The van der Waals surface area contributed by atoms with Crippen molar-refractivity contribution in [1.29, 1.82) is 0 Å². The summed E-state index contributed by atoms with van der Waals surface area (Å²) < 4.78 is 76.4. The molecule has 138 valence electrons. The number of halogens is 6. The van der Waals surface area contributed by atoms with Crippen LogP contribution in [0.5, 0.6) is 0 Å². The Kier molecular flexibility index (Phi) is 5.24. The summed E-state index contributed by atoms with van der Waals surface area (Å²) in [5, 5.41) is 1.48. The maximum Gasteiger partial charge on any atom is 0.472 e. The number of carbonyl (C=O) groups excluding carboxylic acids is 2. The van der Waals surface area contributed by atoms with Crippen molar-refractivity contribution in [3.8, 4) is 0 Å². The van der Waals surface area contributed by atoms with Crippen LogP contribution in [-0.2, 0) is 9.59 Å². The molecule has 2 aromatic rings. The van der Waals surface area contributed by atoms with Crippen LogP contribution >= 0.6 is 0 Å². The van der Waals surface area contributed by atoms with Crippen LogP contribution in [0.4, 0.5) is 43.4 Å². The lowest BCUT2D eigenvalue weighted by Crippen LogP contribution is -2.39. The van der Waals surface area contributed by atoms with Crippen molar-refractivity contribution >= 4 is 28.9 Å². The van der Waals surface area contributed by atoms with Gasteiger partial charge in [-0.1, -0.05) is 30.3 Å². The first-order chi connectivity index (χ1) is 12.0. The molecule has 2 amide bonds. The van der Waals surface area contributed by atoms with Gasteiger partial charge in [0.15, 0.2) is 0 Å². The second-order valence-corrected chi connectivity index (χ2v) is 4.94. The van der Waals surface area contributed by atoms with Crippen molar-refractivity contribution in [3.63, 3.8) is 0 Å². The minimum absolute atomic E-state index is 0.186. The number of rotatable bonds is 3. The Morgan fingerprint density at radius 2 is 1.31 bits per heavy atom. The molecule has 0 radical (unpaired) electrons. The van der Waals surface area contributed by atoms with Crippen LogP contribution in [0.2, 0.25) is 0 Å². The Hall–Kier alpha value is -3.04. The number of hydrogen-bond acceptors (Lipinski definition) is 2. The number of amides is 2. The van der Waals surface area contributed by atoms with E-state index < -0.39 is 35.5 Å². The zero-order chi connectivity index (χ0) is 19.5. The van der Waals surface area contributed by atoms with Crippen LogP contribution < -0.4 is 10.2 Å². The second-order valence-electron chi connectivity index (χ2n) is 4.94. The van der Waals surface area contributed by atoms with Gasteiger partial charge < -0.3 is 5.32 Å². The van der Waals surface area contributed by atoms with Gasteiger partial charge in [0.25, 0.3) is 0 Å². The first-order valence-corrected chi connectivity index (χ1v) is 6.95. The number of para-hydroxylation sites is 3. The standard InChI is InChI=1S/C16H10F6N2O2/c17-15(18,19)13(25)23-11-8-4-5-9-12(11)24(14(26)16(20,21)22)10-6-2-1-3-7-10/h1-9H,(H,23,25). The van der Waals surface area contributed by atoms with E-state index in [0.717, 1.165) is 12.1 Å². The summed E-state index contributed by atoms with van der Waals surface area (Å²) in [6.45, 7) is 0. The third kappa shape index (κ3) is 4.32. The molecule has 0 saturated heterocycles. The van der Waals surface area contributed by atoms with Crippen molar-refractivity contribution in [2.24, 2.45) is 0 Å². The van der Waals surface area contributed by atoms with Crippen LogP contribution in [0.1, 0.15) is 0 Å². The van der Waals surface area contributed by atoms with Gasteiger partial charge in [0.2, 0.25) is 0 Å². The first kappa shape index (κ1) is 19.3. The molecule has 2 aromatic carbocycles. The summed E-state index contributed by atoms with van der Waals surface area (Å²) >= 11 is 0. The van der Waals surface area contributed by atoms with Crippen LogP contribution in [0.15, 0.2) is 54.6 Å². The van der Waals surface area contributed by atoms with Gasteiger partial charge in [-0.25, -0.2) is 0 Å². The van der Waals surface area contributed by atoms with Gasteiger partial charge in [-0.15, -0.1) is 0 Å². The van der Waals surface area contributed by atoms with Crippen LogP contribution in [0, 0.1) is 0 Å². The molecule has 0 unspecified atom stereocenters. The Morgan fingerprint density at radius 3 is 1.85 bits per heavy atom. The first-order valence-electron chi connectivity index (χ1n) is 6.95. The van der Waals surface area contributed by atoms with Gasteiger partial charge in [-0.05, 0) is 24.3 Å². The lowest BCUT2D eigenvalue weighted by Gasteiger charge is -2.26. The van der Waals surface area contributed by atoms with Gasteiger partial charge in [0, 0.05) is 5.69 Å². The molecule has 0 aliphatic rings. The largest absolute Gasteiger partial charge is 0.472 e. The highest BCUT2D eigenvalue weighted by atomic mass is 19.4. The quantitative estimate of drug-likeness (QED) is 0.807. The molecule has 26 heavy (non-hydrogen) atoms. The number of nitrogens with zero attached hydrogens (tertiary/aromatic N) is 1. The summed E-state index contributed by atoms with van der Waals surface area (Å²) in [7, 11) is 0. The topological polar surface area (TPSA) is 49.4 Å². The molecule has 4 nitrogen and oxygen atoms in total. The highest BCUT2D eigenvalue weighted by Crippen LogP contribution is 2.36. The molecule has 0 fully saturated rings. The number of carbonyl (C=O) groups is 2. The molecule has 1 N–H and O–H groups in total. The summed E-state index contributed by atoms with van der Waals surface area (Å²) in [4.78, 5) is 23.2. The maximum absolute atomic E-state index is 13.0. The lowest BCUT2D eigenvalue weighted by molar-refractivity contribution is -0.169. The van der Waals surface area contributed by atoms with Crippen LogP contribution in [0.3, 0.4) is 0 Å². The summed E-state index contributed by atoms with van der Waals surface area (Å²) in [5.41, 5.74) is -1.39. The van der Waals surface area contributed by atoms with Gasteiger partial charge in [-0.3, -0.25) is 14.5 Å². The zero-order valence-electron chi connectivity index (χ0n) is 12.7. The molecule has 10 heteroatoms.